The molecule has 2 aromatic heterocycles. The number of carbonyl (C=O) groups is 3. The first-order valence-electron chi connectivity index (χ1n) is 8.84. The van der Waals surface area contributed by atoms with Crippen LogP contribution in [-0.2, 0) is 14.3 Å². The number of aromatic nitrogens is 4. The number of aryl methyl sites for hydroxylation is 1. The van der Waals surface area contributed by atoms with Gasteiger partial charge in [0.15, 0.2) is 0 Å². The van der Waals surface area contributed by atoms with E-state index in [9.17, 15) is 14.4 Å². The summed E-state index contributed by atoms with van der Waals surface area (Å²) in [5.41, 5.74) is 6.45. The molecule has 0 radical (unpaired) electrons. The molecule has 2 fully saturated rings. The lowest BCUT2D eigenvalue weighted by Gasteiger charge is -2.47. The van der Waals surface area contributed by atoms with Gasteiger partial charge in [0, 0.05) is 17.0 Å². The minimum Gasteiger partial charge on any atom is -0.449 e. The van der Waals surface area contributed by atoms with Gasteiger partial charge in [-0.05, 0) is 13.0 Å². The smallest absolute Gasteiger partial charge is 0.449 e. The zero-order valence-corrected chi connectivity index (χ0v) is 16.3. The van der Waals surface area contributed by atoms with E-state index in [-0.39, 0.29) is 41.9 Å². The number of nitrogens with two attached hydrogens (primary N) is 1. The van der Waals surface area contributed by atoms with Crippen molar-refractivity contribution in [2.24, 2.45) is 5.73 Å². The van der Waals surface area contributed by atoms with Gasteiger partial charge in [0.1, 0.15) is 17.2 Å². The fraction of sp³-hybridized carbons (Fsp3) is 0.375. The minimum absolute atomic E-state index is 0.0200. The molecule has 14 heteroatoms. The molecule has 0 spiro atoms. The monoisotopic (exact) mass is 433 g/mol. The molecule has 5 rings (SSSR count). The first-order chi connectivity index (χ1) is 14.3. The van der Waals surface area contributed by atoms with Gasteiger partial charge in [-0.15, -0.1) is 16.9 Å². The molecule has 4 N–H and O–H groups in total. The Morgan fingerprint density at radius 2 is 2.27 bits per heavy atom. The van der Waals surface area contributed by atoms with E-state index in [1.807, 2.05) is 0 Å². The Kier molecular flexibility index (Phi) is 4.16. The molecule has 5 heterocycles. The van der Waals surface area contributed by atoms with Gasteiger partial charge in [0.2, 0.25) is 17.6 Å². The van der Waals surface area contributed by atoms with Gasteiger partial charge in [0.05, 0.1) is 12.8 Å². The minimum atomic E-state index is -1.51. The van der Waals surface area contributed by atoms with Crippen molar-refractivity contribution in [3.8, 4) is 0 Å². The second-order valence-electron chi connectivity index (χ2n) is 6.85. The maximum Gasteiger partial charge on any atom is 0.512 e. The molecular weight excluding hydrogens is 418 g/mol. The van der Waals surface area contributed by atoms with Crippen LogP contribution in [0.2, 0.25) is 0 Å². The molecular formula is C16H15N7O6S. The quantitative estimate of drug-likeness (QED) is 0.230. The first kappa shape index (κ1) is 18.8. The van der Waals surface area contributed by atoms with E-state index < -0.39 is 24.2 Å². The predicted molar refractivity (Wildman–Crippen MR) is 98.2 cm³/mol. The van der Waals surface area contributed by atoms with Crippen LogP contribution in [0.3, 0.4) is 0 Å². The van der Waals surface area contributed by atoms with Crippen LogP contribution >= 0.6 is 11.8 Å². The van der Waals surface area contributed by atoms with Crippen LogP contribution in [0.1, 0.15) is 16.3 Å². The number of nitrogens with one attached hydrogen (secondary N) is 1. The SMILES string of the molecule is Cc1cc(SCC2=C(OC(=O)O)N3C(=O)[C@H]4NCOC2[C@H]43)n2nc(C(N)=O)nc2n1. The van der Waals surface area contributed by atoms with Crippen LogP contribution in [-0.4, -0.2) is 78.2 Å². The third-order valence-corrected chi connectivity index (χ3v) is 6.09. The van der Waals surface area contributed by atoms with Gasteiger partial charge < -0.3 is 20.3 Å². The highest BCUT2D eigenvalue weighted by Gasteiger charge is 2.62. The van der Waals surface area contributed by atoms with E-state index >= 15 is 0 Å². The van der Waals surface area contributed by atoms with E-state index in [1.165, 1.54) is 21.2 Å². The van der Waals surface area contributed by atoms with Crippen LogP contribution in [0.4, 0.5) is 4.79 Å². The maximum atomic E-state index is 12.4. The molecule has 3 atom stereocenters. The van der Waals surface area contributed by atoms with Crippen LogP contribution in [0.15, 0.2) is 22.5 Å². The fourth-order valence-electron chi connectivity index (χ4n) is 3.83. The normalized spacial score (nSPS) is 24.8. The molecule has 13 nitrogen and oxygen atoms in total. The van der Waals surface area contributed by atoms with Crippen LogP contribution < -0.4 is 11.1 Å². The molecule has 0 aliphatic carbocycles. The molecule has 156 valence electrons. The lowest BCUT2D eigenvalue weighted by molar-refractivity contribution is -0.164. The third-order valence-electron chi connectivity index (χ3n) is 5.04. The number of β-lactam (4-membered cyclic amide) rings is 1. The van der Waals surface area contributed by atoms with Crippen molar-refractivity contribution >= 4 is 35.5 Å². The third kappa shape index (κ3) is 2.72. The van der Waals surface area contributed by atoms with Gasteiger partial charge in [-0.25, -0.2) is 9.78 Å². The van der Waals surface area contributed by atoms with E-state index in [1.54, 1.807) is 13.0 Å². The average molecular weight is 433 g/mol. The van der Waals surface area contributed by atoms with Crippen molar-refractivity contribution in [1.29, 1.82) is 0 Å². The van der Waals surface area contributed by atoms with Gasteiger partial charge in [0.25, 0.3) is 11.7 Å². The van der Waals surface area contributed by atoms with Crippen molar-refractivity contribution in [2.75, 3.05) is 12.5 Å². The zero-order valence-electron chi connectivity index (χ0n) is 15.4. The van der Waals surface area contributed by atoms with Gasteiger partial charge >= 0.3 is 6.16 Å². The largest absolute Gasteiger partial charge is 0.512 e. The van der Waals surface area contributed by atoms with E-state index in [4.69, 9.17) is 20.3 Å². The molecule has 30 heavy (non-hydrogen) atoms. The Balaban J connectivity index is 1.49. The number of amides is 2. The number of hydrogen-bond acceptors (Lipinski definition) is 10. The summed E-state index contributed by atoms with van der Waals surface area (Å²) in [5, 5.41) is 16.8. The zero-order chi connectivity index (χ0) is 21.2. The van der Waals surface area contributed by atoms with Crippen LogP contribution in [0.25, 0.3) is 5.78 Å². The van der Waals surface area contributed by atoms with E-state index in [0.29, 0.717) is 16.3 Å². The number of thioether (sulfide) groups is 1. The van der Waals surface area contributed by atoms with Crippen molar-refractivity contribution in [1.82, 2.24) is 29.8 Å². The van der Waals surface area contributed by atoms with Gasteiger partial charge in [-0.3, -0.25) is 19.8 Å². The summed E-state index contributed by atoms with van der Waals surface area (Å²) in [6, 6.07) is 0.974. The fourth-order valence-corrected chi connectivity index (χ4v) is 4.92. The Hall–Kier alpha value is -3.23. The summed E-state index contributed by atoms with van der Waals surface area (Å²) in [6.45, 7) is 1.94. The predicted octanol–water partition coefficient (Wildman–Crippen LogP) is -0.931. The first-order valence-corrected chi connectivity index (χ1v) is 9.82. The molecule has 2 amide bonds. The molecule has 3 aliphatic rings. The van der Waals surface area contributed by atoms with Gasteiger partial charge in [-0.1, -0.05) is 0 Å². The van der Waals surface area contributed by atoms with Crippen LogP contribution in [0.5, 0.6) is 0 Å². The number of carbonyl (C=O) groups excluding carboxylic acids is 2. The lowest BCUT2D eigenvalue weighted by Crippen LogP contribution is -2.73. The number of ether oxygens (including phenoxy) is 2. The second kappa shape index (κ2) is 6.65. The highest BCUT2D eigenvalue weighted by atomic mass is 32.2. The Bertz CT molecular complexity index is 1150. The van der Waals surface area contributed by atoms with Crippen LogP contribution in [0, 0.1) is 6.92 Å². The van der Waals surface area contributed by atoms with E-state index in [2.05, 4.69) is 20.4 Å². The molecule has 2 aromatic rings. The Morgan fingerprint density at radius 1 is 1.47 bits per heavy atom. The summed E-state index contributed by atoms with van der Waals surface area (Å²) in [4.78, 5) is 44.6. The maximum absolute atomic E-state index is 12.4. The number of nitrogens with zero attached hydrogens (tertiary/aromatic N) is 5. The highest BCUT2D eigenvalue weighted by Crippen LogP contribution is 2.44. The standard InChI is InChI=1S/C16H15N7O6S/c1-5-2-7(23-15(19-5)20-12(21-23)11(17)24)30-3-6-10-9-8(18-4-28-10)13(25)22(9)14(6)29-16(26)27/h2,8-10,18H,3-4H2,1H3,(H2,17,24)(H,26,27)/t8-,9-,10?/m0/s1. The summed E-state index contributed by atoms with van der Waals surface area (Å²) < 4.78 is 12.1. The summed E-state index contributed by atoms with van der Waals surface area (Å²) in [7, 11) is 0. The summed E-state index contributed by atoms with van der Waals surface area (Å²) >= 11 is 1.29. The molecule has 1 unspecified atom stereocenters. The Labute approximate surface area is 172 Å². The number of hydrogen-bond donors (Lipinski definition) is 3. The lowest BCUT2D eigenvalue weighted by atomic mass is 9.91. The highest BCUT2D eigenvalue weighted by molar-refractivity contribution is 7.99. The average Bonchev–Trinajstić information content (AvgIpc) is 3.23. The molecule has 2 saturated heterocycles. The molecule has 0 aromatic carbocycles. The summed E-state index contributed by atoms with van der Waals surface area (Å²) in [6.07, 6.45) is -1.99. The van der Waals surface area contributed by atoms with Crippen molar-refractivity contribution in [2.45, 2.75) is 30.1 Å². The van der Waals surface area contributed by atoms with Gasteiger partial charge in [-0.2, -0.15) is 9.50 Å². The number of primary amides is 1. The van der Waals surface area contributed by atoms with Crippen molar-refractivity contribution in [3.05, 3.63) is 29.0 Å². The molecule has 0 saturated carbocycles. The Morgan fingerprint density at radius 3 is 3.00 bits per heavy atom. The molecule has 0 bridgehead atoms. The van der Waals surface area contributed by atoms with Crippen molar-refractivity contribution in [3.63, 3.8) is 0 Å². The van der Waals surface area contributed by atoms with Crippen molar-refractivity contribution < 1.29 is 29.0 Å². The number of carboxylic acid groups (broad SMARTS) is 1. The number of rotatable bonds is 5. The summed E-state index contributed by atoms with van der Waals surface area (Å²) in [5.74, 6) is -0.746. The second-order valence-corrected chi connectivity index (χ2v) is 7.84. The van der Waals surface area contributed by atoms with E-state index in [0.717, 1.165) is 0 Å². The molecule has 3 aliphatic heterocycles. The number of fused-ring (bicyclic) bond motifs is 1. The topological polar surface area (TPSA) is 174 Å².